The Kier molecular flexibility index (Phi) is 6.21. The molecule has 134 valence electrons. The third kappa shape index (κ3) is 4.83. The van der Waals surface area contributed by atoms with Crippen LogP contribution in [-0.2, 0) is 0 Å². The summed E-state index contributed by atoms with van der Waals surface area (Å²) in [5, 5.41) is 3.07. The molecule has 2 aromatic rings. The van der Waals surface area contributed by atoms with Gasteiger partial charge in [0.2, 0.25) is 0 Å². The monoisotopic (exact) mass is 339 g/mol. The van der Waals surface area contributed by atoms with Gasteiger partial charge in [-0.2, -0.15) is 0 Å². The number of rotatable bonds is 6. The number of amides is 1. The fourth-order valence-corrected chi connectivity index (χ4v) is 2.77. The van der Waals surface area contributed by atoms with Crippen molar-refractivity contribution >= 4 is 11.6 Å². The van der Waals surface area contributed by atoms with Crippen molar-refractivity contribution in [2.24, 2.45) is 0 Å². The Hall–Kier alpha value is -2.33. The van der Waals surface area contributed by atoms with Crippen LogP contribution in [0.1, 0.15) is 33.1 Å². The van der Waals surface area contributed by atoms with Crippen molar-refractivity contribution in [2.45, 2.75) is 19.9 Å². The predicted octanol–water partition coefficient (Wildman–Crippen LogP) is 3.40. The van der Waals surface area contributed by atoms with Gasteiger partial charge in [0.1, 0.15) is 0 Å². The molecule has 4 heteroatoms. The van der Waals surface area contributed by atoms with E-state index in [0.29, 0.717) is 12.1 Å². The maximum Gasteiger partial charge on any atom is 0.251 e. The molecule has 0 unspecified atom stereocenters. The zero-order valence-electron chi connectivity index (χ0n) is 16.1. The van der Waals surface area contributed by atoms with Crippen molar-refractivity contribution in [3.05, 3.63) is 64.7 Å². The van der Waals surface area contributed by atoms with E-state index in [-0.39, 0.29) is 11.9 Å². The van der Waals surface area contributed by atoms with Gasteiger partial charge in [-0.3, -0.25) is 4.79 Å². The van der Waals surface area contributed by atoms with Crippen LogP contribution in [0.3, 0.4) is 0 Å². The molecule has 0 fully saturated rings. The van der Waals surface area contributed by atoms with Gasteiger partial charge in [-0.15, -0.1) is 0 Å². The summed E-state index contributed by atoms with van der Waals surface area (Å²) >= 11 is 0. The predicted molar refractivity (Wildman–Crippen MR) is 105 cm³/mol. The summed E-state index contributed by atoms with van der Waals surface area (Å²) in [4.78, 5) is 16.7. The normalized spacial score (nSPS) is 12.1. The molecule has 0 radical (unpaired) electrons. The highest BCUT2D eigenvalue weighted by Gasteiger charge is 2.16. The van der Waals surface area contributed by atoms with Crippen LogP contribution in [0, 0.1) is 13.8 Å². The van der Waals surface area contributed by atoms with E-state index in [9.17, 15) is 4.79 Å². The summed E-state index contributed by atoms with van der Waals surface area (Å²) in [5.74, 6) is -0.0279. The van der Waals surface area contributed by atoms with Crippen molar-refractivity contribution in [2.75, 3.05) is 39.6 Å². The summed E-state index contributed by atoms with van der Waals surface area (Å²) < 4.78 is 0. The number of anilines is 1. The van der Waals surface area contributed by atoms with Crippen LogP contribution in [0.15, 0.2) is 42.5 Å². The lowest BCUT2D eigenvalue weighted by Gasteiger charge is -2.26. The molecule has 2 rings (SSSR count). The third-order valence-corrected chi connectivity index (χ3v) is 4.64. The first kappa shape index (κ1) is 19.0. The number of benzene rings is 2. The van der Waals surface area contributed by atoms with Gasteiger partial charge in [0, 0.05) is 31.9 Å². The molecule has 2 aromatic carbocycles. The van der Waals surface area contributed by atoms with Gasteiger partial charge < -0.3 is 15.1 Å². The summed E-state index contributed by atoms with van der Waals surface area (Å²) in [6, 6.07) is 14.4. The van der Waals surface area contributed by atoms with E-state index < -0.39 is 0 Å². The van der Waals surface area contributed by atoms with Crippen LogP contribution < -0.4 is 10.2 Å². The molecule has 0 bridgehead atoms. The smallest absolute Gasteiger partial charge is 0.251 e. The number of nitrogens with zero attached hydrogens (tertiary/aromatic N) is 2. The highest BCUT2D eigenvalue weighted by molar-refractivity contribution is 5.94. The average Bonchev–Trinajstić information content (AvgIpc) is 2.57. The lowest BCUT2D eigenvalue weighted by molar-refractivity contribution is 0.0942. The van der Waals surface area contributed by atoms with Crippen molar-refractivity contribution in [3.63, 3.8) is 0 Å². The molecule has 0 aliphatic heterocycles. The molecule has 1 atom stereocenters. The van der Waals surface area contributed by atoms with Crippen LogP contribution in [0.4, 0.5) is 5.69 Å². The summed E-state index contributed by atoms with van der Waals surface area (Å²) in [7, 11) is 8.13. The zero-order valence-corrected chi connectivity index (χ0v) is 16.1. The van der Waals surface area contributed by atoms with Gasteiger partial charge in [0.15, 0.2) is 0 Å². The molecule has 1 amide bonds. The van der Waals surface area contributed by atoms with Crippen molar-refractivity contribution in [1.29, 1.82) is 0 Å². The highest BCUT2D eigenvalue weighted by Crippen LogP contribution is 2.21. The fourth-order valence-electron chi connectivity index (χ4n) is 2.77. The fraction of sp³-hybridized carbons (Fsp3) is 0.381. The average molecular weight is 339 g/mol. The van der Waals surface area contributed by atoms with E-state index in [4.69, 9.17) is 0 Å². The van der Waals surface area contributed by atoms with Gasteiger partial charge in [-0.05, 0) is 68.9 Å². The molecule has 0 aliphatic rings. The van der Waals surface area contributed by atoms with Gasteiger partial charge in [0.25, 0.3) is 5.91 Å². The molecule has 0 saturated heterocycles. The zero-order chi connectivity index (χ0) is 18.6. The second-order valence-electron chi connectivity index (χ2n) is 6.97. The molecule has 0 aliphatic carbocycles. The standard InChI is InChI=1S/C21H29N3O/c1-15-7-8-18(13-16(15)2)21(25)22-14-20(24(5)6)17-9-11-19(12-10-17)23(3)4/h7-13,20H,14H2,1-6H3,(H,22,25)/t20-/m0/s1. The largest absolute Gasteiger partial charge is 0.378 e. The molecule has 0 heterocycles. The quantitative estimate of drug-likeness (QED) is 0.876. The van der Waals surface area contributed by atoms with Crippen molar-refractivity contribution < 1.29 is 4.79 Å². The van der Waals surface area contributed by atoms with Crippen molar-refractivity contribution in [1.82, 2.24) is 10.2 Å². The highest BCUT2D eigenvalue weighted by atomic mass is 16.1. The maximum absolute atomic E-state index is 12.5. The Balaban J connectivity index is 2.08. The summed E-state index contributed by atoms with van der Waals surface area (Å²) in [6.07, 6.45) is 0. The third-order valence-electron chi connectivity index (χ3n) is 4.64. The lowest BCUT2D eigenvalue weighted by atomic mass is 10.0. The maximum atomic E-state index is 12.5. The topological polar surface area (TPSA) is 35.6 Å². The Bertz CT molecular complexity index is 720. The Morgan fingerprint density at radius 2 is 1.60 bits per heavy atom. The number of nitrogens with one attached hydrogen (secondary N) is 1. The minimum absolute atomic E-state index is 0.0279. The number of carbonyl (C=O) groups is 1. The van der Waals surface area contributed by atoms with Crippen LogP contribution in [0.5, 0.6) is 0 Å². The van der Waals surface area contributed by atoms with Crippen LogP contribution >= 0.6 is 0 Å². The number of aryl methyl sites for hydroxylation is 2. The first-order chi connectivity index (χ1) is 11.8. The van der Waals surface area contributed by atoms with Crippen molar-refractivity contribution in [3.8, 4) is 0 Å². The van der Waals surface area contributed by atoms with Crippen LogP contribution in [-0.4, -0.2) is 45.5 Å². The molecule has 0 saturated carbocycles. The number of likely N-dealkylation sites (N-methyl/N-ethyl adjacent to an activating group) is 1. The second-order valence-corrected chi connectivity index (χ2v) is 6.97. The molecule has 0 aromatic heterocycles. The van der Waals surface area contributed by atoms with Gasteiger partial charge in [-0.25, -0.2) is 0 Å². The first-order valence-corrected chi connectivity index (χ1v) is 8.58. The van der Waals surface area contributed by atoms with E-state index in [1.54, 1.807) is 0 Å². The van der Waals surface area contributed by atoms with Gasteiger partial charge in [0.05, 0.1) is 6.04 Å². The molecule has 4 nitrogen and oxygen atoms in total. The second kappa shape index (κ2) is 8.17. The van der Waals surface area contributed by atoms with Crippen LogP contribution in [0.2, 0.25) is 0 Å². The lowest BCUT2D eigenvalue weighted by Crippen LogP contribution is -2.34. The Morgan fingerprint density at radius 1 is 0.960 bits per heavy atom. The molecule has 1 N–H and O–H groups in total. The molecular formula is C21H29N3O. The van der Waals surface area contributed by atoms with Gasteiger partial charge >= 0.3 is 0 Å². The SMILES string of the molecule is Cc1ccc(C(=O)NC[C@@H](c2ccc(N(C)C)cc2)N(C)C)cc1C. The van der Waals surface area contributed by atoms with E-state index in [1.165, 1.54) is 16.8 Å². The van der Waals surface area contributed by atoms with Crippen LogP contribution in [0.25, 0.3) is 0 Å². The number of hydrogen-bond acceptors (Lipinski definition) is 3. The minimum atomic E-state index is -0.0279. The molecule has 0 spiro atoms. The number of hydrogen-bond donors (Lipinski definition) is 1. The number of carbonyl (C=O) groups excluding carboxylic acids is 1. The summed E-state index contributed by atoms with van der Waals surface area (Å²) in [6.45, 7) is 4.65. The Labute approximate surface area is 151 Å². The first-order valence-electron chi connectivity index (χ1n) is 8.58. The Morgan fingerprint density at radius 3 is 2.12 bits per heavy atom. The van der Waals surface area contributed by atoms with E-state index >= 15 is 0 Å². The van der Waals surface area contributed by atoms with E-state index in [0.717, 1.165) is 5.56 Å². The molecule has 25 heavy (non-hydrogen) atoms. The molecular weight excluding hydrogens is 310 g/mol. The van der Waals surface area contributed by atoms with E-state index in [1.807, 2.05) is 53.3 Å². The summed E-state index contributed by atoms with van der Waals surface area (Å²) in [5.41, 5.74) is 5.40. The van der Waals surface area contributed by atoms with Gasteiger partial charge in [-0.1, -0.05) is 18.2 Å². The minimum Gasteiger partial charge on any atom is -0.378 e. The van der Waals surface area contributed by atoms with E-state index in [2.05, 4.69) is 46.3 Å².